The van der Waals surface area contributed by atoms with Crippen molar-refractivity contribution in [2.45, 2.75) is 143 Å². The summed E-state index contributed by atoms with van der Waals surface area (Å²) >= 11 is 0. The fraction of sp³-hybridized carbons (Fsp3) is 0.718. The van der Waals surface area contributed by atoms with Crippen LogP contribution in [-0.4, -0.2) is 112 Å². The number of carbonyl (C=O) groups is 5. The number of benzene rings is 1. The largest absolute Gasteiger partial charge is 0.488 e. The van der Waals surface area contributed by atoms with Gasteiger partial charge in [-0.25, -0.2) is 14.4 Å². The Hall–Kier alpha value is -4.07. The van der Waals surface area contributed by atoms with Crippen molar-refractivity contribution in [1.29, 1.82) is 0 Å². The second kappa shape index (κ2) is 18.8. The van der Waals surface area contributed by atoms with E-state index in [1.807, 2.05) is 32.9 Å². The van der Waals surface area contributed by atoms with Crippen LogP contribution in [0.25, 0.3) is 0 Å². The van der Waals surface area contributed by atoms with Crippen LogP contribution in [0.3, 0.4) is 0 Å². The van der Waals surface area contributed by atoms with Crippen LogP contribution in [0.4, 0.5) is 9.59 Å². The van der Waals surface area contributed by atoms with Crippen molar-refractivity contribution in [1.82, 2.24) is 20.4 Å². The lowest BCUT2D eigenvalue weighted by atomic mass is 10.0. The molecule has 1 aliphatic rings. The van der Waals surface area contributed by atoms with Crippen LogP contribution in [0.2, 0.25) is 0 Å². The van der Waals surface area contributed by atoms with Gasteiger partial charge in [0.1, 0.15) is 40.2 Å². The van der Waals surface area contributed by atoms with Crippen molar-refractivity contribution < 1.29 is 48.0 Å². The first-order valence-corrected chi connectivity index (χ1v) is 18.4. The van der Waals surface area contributed by atoms with E-state index in [1.54, 1.807) is 74.4 Å². The van der Waals surface area contributed by atoms with Crippen molar-refractivity contribution in [3.05, 3.63) is 29.8 Å². The lowest BCUT2D eigenvalue weighted by Gasteiger charge is -2.32. The fourth-order valence-electron chi connectivity index (χ4n) is 5.42. The summed E-state index contributed by atoms with van der Waals surface area (Å²) < 4.78 is 22.8. The SMILES string of the molecule is CC(C)(C)OC(=O)[C@H](CNC(=O)[C@@H]1CCCN1C(=O)OC(C)(C)C)CN(CCCO)C(=O)N[C@@H](Cc1ccc(OC(C)(C)C)cc1)C(=O)OC(C)(C)C. The number of aliphatic hydroxyl groups is 1. The Morgan fingerprint density at radius 1 is 0.830 bits per heavy atom. The van der Waals surface area contributed by atoms with Crippen molar-refractivity contribution in [3.63, 3.8) is 0 Å². The van der Waals surface area contributed by atoms with Crippen molar-refractivity contribution in [2.24, 2.45) is 5.92 Å². The molecular weight excluding hydrogens is 684 g/mol. The molecule has 14 heteroatoms. The van der Waals surface area contributed by atoms with Crippen LogP contribution in [-0.2, 0) is 35.0 Å². The molecule has 53 heavy (non-hydrogen) atoms. The van der Waals surface area contributed by atoms with Gasteiger partial charge in [0.05, 0.1) is 5.92 Å². The first-order valence-electron chi connectivity index (χ1n) is 18.4. The summed E-state index contributed by atoms with van der Waals surface area (Å²) in [7, 11) is 0. The lowest BCUT2D eigenvalue weighted by Crippen LogP contribution is -2.54. The number of aliphatic hydroxyl groups excluding tert-OH is 1. The molecule has 3 atom stereocenters. The number of likely N-dealkylation sites (tertiary alicyclic amines) is 1. The zero-order valence-electron chi connectivity index (χ0n) is 33.9. The van der Waals surface area contributed by atoms with Crippen molar-refractivity contribution >= 4 is 30.0 Å². The number of nitrogens with one attached hydrogen (secondary N) is 2. The molecule has 4 amide bonds. The Morgan fingerprint density at radius 3 is 1.92 bits per heavy atom. The number of rotatable bonds is 14. The van der Waals surface area contributed by atoms with E-state index in [0.29, 0.717) is 25.1 Å². The van der Waals surface area contributed by atoms with Crippen LogP contribution < -0.4 is 15.4 Å². The molecule has 1 heterocycles. The van der Waals surface area contributed by atoms with Gasteiger partial charge in [-0.3, -0.25) is 14.5 Å². The second-order valence-corrected chi connectivity index (χ2v) is 17.4. The molecule has 1 aliphatic heterocycles. The van der Waals surface area contributed by atoms with Gasteiger partial charge < -0.3 is 39.6 Å². The highest BCUT2D eigenvalue weighted by Gasteiger charge is 2.38. The minimum absolute atomic E-state index is 0.0322. The number of nitrogens with zero attached hydrogens (tertiary/aromatic N) is 2. The molecule has 0 unspecified atom stereocenters. The summed E-state index contributed by atoms with van der Waals surface area (Å²) in [6, 6.07) is 4.64. The van der Waals surface area contributed by atoms with E-state index in [2.05, 4.69) is 10.6 Å². The Labute approximate surface area is 315 Å². The predicted molar refractivity (Wildman–Crippen MR) is 200 cm³/mol. The third-order valence-corrected chi connectivity index (χ3v) is 7.54. The molecule has 0 saturated carbocycles. The number of urea groups is 1. The molecule has 0 spiro atoms. The maximum Gasteiger partial charge on any atom is 0.410 e. The van der Waals surface area contributed by atoms with E-state index in [9.17, 15) is 29.1 Å². The Bertz CT molecular complexity index is 1390. The molecule has 1 aromatic carbocycles. The molecule has 14 nitrogen and oxygen atoms in total. The summed E-state index contributed by atoms with van der Waals surface area (Å²) in [5.41, 5.74) is -2.10. The first kappa shape index (κ1) is 45.1. The van der Waals surface area contributed by atoms with Gasteiger partial charge in [-0.15, -0.1) is 0 Å². The smallest absolute Gasteiger partial charge is 0.410 e. The quantitative estimate of drug-likeness (QED) is 0.174. The molecule has 0 radical (unpaired) electrons. The standard InChI is InChI=1S/C39H64N4O10/c1-36(2,3)50-28-18-16-26(17-19-28)23-29(33(47)52-38(7,8)9)41-34(48)42(20-14-22-44)25-27(32(46)51-37(4,5)6)24-40-31(45)30-15-13-21-43(30)35(49)53-39(10,11)12/h16-19,27,29-30,44H,13-15,20-25H2,1-12H3,(H,40,45)(H,41,48)/t27-,29+,30+/m1/s1. The summed E-state index contributed by atoms with van der Waals surface area (Å²) in [5, 5.41) is 15.3. The topological polar surface area (TPSA) is 173 Å². The van der Waals surface area contributed by atoms with Gasteiger partial charge in [0, 0.05) is 39.2 Å². The van der Waals surface area contributed by atoms with Crippen LogP contribution in [0.5, 0.6) is 5.75 Å². The summed E-state index contributed by atoms with van der Waals surface area (Å²) in [6.07, 6.45) is 0.714. The number of ether oxygens (including phenoxy) is 4. The highest BCUT2D eigenvalue weighted by Crippen LogP contribution is 2.23. The van der Waals surface area contributed by atoms with Gasteiger partial charge in [-0.05, 0) is 120 Å². The number of hydrogen-bond donors (Lipinski definition) is 3. The van der Waals surface area contributed by atoms with Crippen molar-refractivity contribution in [3.8, 4) is 5.75 Å². The van der Waals surface area contributed by atoms with E-state index in [0.717, 1.165) is 5.56 Å². The van der Waals surface area contributed by atoms with Gasteiger partial charge >= 0.3 is 24.1 Å². The third-order valence-electron chi connectivity index (χ3n) is 7.54. The minimum Gasteiger partial charge on any atom is -0.488 e. The Morgan fingerprint density at radius 2 is 1.40 bits per heavy atom. The maximum absolute atomic E-state index is 14.0. The fourth-order valence-corrected chi connectivity index (χ4v) is 5.42. The molecular formula is C39H64N4O10. The molecule has 0 aliphatic carbocycles. The molecule has 0 bridgehead atoms. The van der Waals surface area contributed by atoms with Gasteiger partial charge in [-0.1, -0.05) is 12.1 Å². The summed E-state index contributed by atoms with van der Waals surface area (Å²) in [5.74, 6) is -2.15. The van der Waals surface area contributed by atoms with E-state index < -0.39 is 70.4 Å². The van der Waals surface area contributed by atoms with Gasteiger partial charge in [-0.2, -0.15) is 0 Å². The van der Waals surface area contributed by atoms with Crippen molar-refractivity contribution in [2.75, 3.05) is 32.8 Å². The van der Waals surface area contributed by atoms with Crippen LogP contribution in [0, 0.1) is 5.92 Å². The number of amides is 4. The second-order valence-electron chi connectivity index (χ2n) is 17.4. The average molecular weight is 749 g/mol. The molecule has 2 rings (SSSR count). The molecule has 1 aromatic rings. The van der Waals surface area contributed by atoms with E-state index in [1.165, 1.54) is 9.80 Å². The molecule has 300 valence electrons. The predicted octanol–water partition coefficient (Wildman–Crippen LogP) is 4.98. The van der Waals surface area contributed by atoms with E-state index in [4.69, 9.17) is 18.9 Å². The zero-order valence-corrected chi connectivity index (χ0v) is 33.9. The van der Waals surface area contributed by atoms with E-state index >= 15 is 0 Å². The average Bonchev–Trinajstić information content (AvgIpc) is 3.48. The molecule has 3 N–H and O–H groups in total. The van der Waals surface area contributed by atoms with Gasteiger partial charge in [0.2, 0.25) is 5.91 Å². The summed E-state index contributed by atoms with van der Waals surface area (Å²) in [6.45, 7) is 21.1. The minimum atomic E-state index is -1.10. The normalized spacial score (nSPS) is 16.2. The Kier molecular flexibility index (Phi) is 16.0. The van der Waals surface area contributed by atoms with Crippen LogP contribution >= 0.6 is 0 Å². The first-order chi connectivity index (χ1) is 24.3. The Balaban J connectivity index is 2.33. The molecule has 0 aromatic heterocycles. The highest BCUT2D eigenvalue weighted by atomic mass is 16.6. The van der Waals surface area contributed by atoms with E-state index in [-0.39, 0.29) is 39.1 Å². The van der Waals surface area contributed by atoms with Gasteiger partial charge in [0.25, 0.3) is 0 Å². The molecule has 1 fully saturated rings. The van der Waals surface area contributed by atoms with Crippen LogP contribution in [0.1, 0.15) is 108 Å². The van der Waals surface area contributed by atoms with Gasteiger partial charge in [0.15, 0.2) is 0 Å². The number of carbonyl (C=O) groups excluding carboxylic acids is 5. The molecule has 1 saturated heterocycles. The number of esters is 2. The highest BCUT2D eigenvalue weighted by molar-refractivity contribution is 5.87. The summed E-state index contributed by atoms with van der Waals surface area (Å²) in [4.78, 5) is 69.9. The third kappa shape index (κ3) is 17.1. The lowest BCUT2D eigenvalue weighted by molar-refractivity contribution is -0.161. The monoisotopic (exact) mass is 748 g/mol. The maximum atomic E-state index is 14.0. The zero-order chi connectivity index (χ0) is 40.4. The number of hydrogen-bond acceptors (Lipinski definition) is 10. The van der Waals surface area contributed by atoms with Crippen LogP contribution in [0.15, 0.2) is 24.3 Å².